The Kier molecular flexibility index (Phi) is 18.2. The molecule has 0 radical (unpaired) electrons. The molecule has 2 aliphatic carbocycles. The van der Waals surface area contributed by atoms with Crippen LogP contribution in [0.5, 0.6) is 0 Å². The highest BCUT2D eigenvalue weighted by molar-refractivity contribution is 5.86. The van der Waals surface area contributed by atoms with E-state index in [9.17, 15) is 24.0 Å². The van der Waals surface area contributed by atoms with E-state index in [1.165, 1.54) is 26.7 Å². The van der Waals surface area contributed by atoms with Crippen LogP contribution in [-0.2, 0) is 33.3 Å². The standard InChI is InChI=1S/C14H25NO4.C9H17NO4.C9H17NO2.ClH/c1-13(2,3)19-12(17)15-14(4,5)11(16)18-10-8-6-7-9-10;1-8(2,3)14-7(13)10-9(4,5)6(11)12;1-9(2,10)8(11)12-7-5-3-4-6-7;/h10H,6-9H2,1-5H3,(H,15,17);1-5H3,(H,10,13)(H,11,12);7H,3-6,10H2,1-2H3;1H. The quantitative estimate of drug-likeness (QED) is 0.188. The van der Waals surface area contributed by atoms with Crippen molar-refractivity contribution in [1.29, 1.82) is 0 Å². The molecule has 0 heterocycles. The number of carbonyl (C=O) groups excluding carboxylic acids is 4. The average Bonchev–Trinajstić information content (AvgIpc) is 3.50. The van der Waals surface area contributed by atoms with Gasteiger partial charge >= 0.3 is 30.1 Å². The molecule has 2 aliphatic rings. The predicted octanol–water partition coefficient (Wildman–Crippen LogP) is 5.78. The third-order valence-electron chi connectivity index (χ3n) is 6.35. The van der Waals surface area contributed by atoms with Crippen molar-refractivity contribution in [1.82, 2.24) is 10.6 Å². The Hall–Kier alpha value is -2.80. The monoisotopic (exact) mass is 681 g/mol. The van der Waals surface area contributed by atoms with Crippen molar-refractivity contribution in [2.24, 2.45) is 5.73 Å². The highest BCUT2D eigenvalue weighted by Gasteiger charge is 2.35. The van der Waals surface area contributed by atoms with Gasteiger partial charge in [-0.25, -0.2) is 19.2 Å². The first-order chi connectivity index (χ1) is 20.1. The maximum Gasteiger partial charge on any atom is 0.408 e. The topological polar surface area (TPSA) is 193 Å². The Morgan fingerprint density at radius 3 is 1.17 bits per heavy atom. The van der Waals surface area contributed by atoms with Crippen molar-refractivity contribution < 1.29 is 48.0 Å². The van der Waals surface area contributed by atoms with Crippen LogP contribution >= 0.6 is 12.4 Å². The molecule has 2 fully saturated rings. The van der Waals surface area contributed by atoms with E-state index >= 15 is 0 Å². The summed E-state index contributed by atoms with van der Waals surface area (Å²) in [5, 5.41) is 13.5. The number of alkyl carbamates (subject to hydrolysis) is 2. The number of esters is 2. The number of rotatable bonds is 7. The fraction of sp³-hybridized carbons (Fsp3) is 0.844. The van der Waals surface area contributed by atoms with Crippen molar-refractivity contribution in [2.45, 2.75) is 174 Å². The van der Waals surface area contributed by atoms with Gasteiger partial charge in [0.2, 0.25) is 0 Å². The van der Waals surface area contributed by atoms with Gasteiger partial charge in [-0.1, -0.05) is 0 Å². The van der Waals surface area contributed by atoms with E-state index in [1.54, 1.807) is 69.2 Å². The lowest BCUT2D eigenvalue weighted by molar-refractivity contribution is -0.155. The van der Waals surface area contributed by atoms with Gasteiger partial charge in [0.15, 0.2) is 0 Å². The molecule has 0 saturated heterocycles. The van der Waals surface area contributed by atoms with Crippen LogP contribution in [0.4, 0.5) is 9.59 Å². The second-order valence-corrected chi connectivity index (χ2v) is 15.2. The number of ether oxygens (including phenoxy) is 4. The molecule has 2 rings (SSSR count). The molecule has 0 unspecified atom stereocenters. The SMILES string of the molecule is CC(C)(C)OC(=O)NC(C)(C)C(=O)O.CC(C)(C)OC(=O)NC(C)(C)C(=O)OC1CCCC1.CC(C)(N)C(=O)OC1CCCC1.Cl. The predicted molar refractivity (Wildman–Crippen MR) is 177 cm³/mol. The Morgan fingerprint density at radius 1 is 0.587 bits per heavy atom. The molecule has 0 aromatic heterocycles. The van der Waals surface area contributed by atoms with E-state index in [0.29, 0.717) is 0 Å². The summed E-state index contributed by atoms with van der Waals surface area (Å²) in [6.45, 7) is 19.8. The first kappa shape index (κ1) is 45.3. The van der Waals surface area contributed by atoms with Gasteiger partial charge in [-0.15, -0.1) is 12.4 Å². The van der Waals surface area contributed by atoms with E-state index in [4.69, 9.17) is 29.8 Å². The van der Waals surface area contributed by atoms with Crippen LogP contribution < -0.4 is 16.4 Å². The van der Waals surface area contributed by atoms with Crippen LogP contribution in [0, 0.1) is 0 Å². The molecule has 46 heavy (non-hydrogen) atoms. The number of aliphatic carboxylic acids is 1. The Morgan fingerprint density at radius 2 is 0.891 bits per heavy atom. The smallest absolute Gasteiger partial charge is 0.408 e. The van der Waals surface area contributed by atoms with Crippen LogP contribution in [0.25, 0.3) is 0 Å². The Labute approximate surface area is 281 Å². The van der Waals surface area contributed by atoms with Crippen molar-refractivity contribution in [3.8, 4) is 0 Å². The van der Waals surface area contributed by atoms with Crippen LogP contribution in [0.1, 0.15) is 134 Å². The van der Waals surface area contributed by atoms with Crippen LogP contribution in [0.15, 0.2) is 0 Å². The normalized spacial score (nSPS) is 15.8. The van der Waals surface area contributed by atoms with Gasteiger partial charge in [0.1, 0.15) is 40.0 Å². The first-order valence-electron chi connectivity index (χ1n) is 15.6. The molecule has 0 atom stereocenters. The minimum atomic E-state index is -1.32. The van der Waals surface area contributed by atoms with Gasteiger partial charge in [-0.2, -0.15) is 0 Å². The molecule has 270 valence electrons. The summed E-state index contributed by atoms with van der Waals surface area (Å²) in [6, 6.07) is 0. The van der Waals surface area contributed by atoms with Crippen LogP contribution in [0.3, 0.4) is 0 Å². The number of carbonyl (C=O) groups is 5. The van der Waals surface area contributed by atoms with Gasteiger partial charge < -0.3 is 40.4 Å². The molecule has 2 saturated carbocycles. The summed E-state index contributed by atoms with van der Waals surface area (Å²) in [7, 11) is 0. The van der Waals surface area contributed by atoms with Gasteiger partial charge in [-0.05, 0) is 134 Å². The molecule has 5 N–H and O–H groups in total. The molecular weight excluding hydrogens is 622 g/mol. The molecule has 0 aliphatic heterocycles. The number of nitrogens with two attached hydrogens (primary N) is 1. The molecule has 0 spiro atoms. The second kappa shape index (κ2) is 18.5. The van der Waals surface area contributed by atoms with E-state index < -0.39 is 51.9 Å². The molecule has 2 amide bonds. The zero-order valence-corrected chi connectivity index (χ0v) is 30.7. The number of hydrogen-bond donors (Lipinski definition) is 4. The van der Waals surface area contributed by atoms with Gasteiger partial charge in [0, 0.05) is 0 Å². The van der Waals surface area contributed by atoms with Crippen molar-refractivity contribution in [2.75, 3.05) is 0 Å². The van der Waals surface area contributed by atoms with E-state index in [2.05, 4.69) is 10.6 Å². The van der Waals surface area contributed by atoms with Gasteiger partial charge in [0.25, 0.3) is 0 Å². The average molecular weight is 682 g/mol. The maximum atomic E-state index is 12.0. The Bertz CT molecular complexity index is 999. The minimum absolute atomic E-state index is 0. The Balaban J connectivity index is 0. The number of nitrogens with one attached hydrogen (secondary N) is 2. The molecule has 0 aromatic carbocycles. The van der Waals surface area contributed by atoms with Crippen LogP contribution in [-0.4, -0.2) is 75.2 Å². The van der Waals surface area contributed by atoms with Crippen molar-refractivity contribution >= 4 is 42.5 Å². The number of hydrogen-bond acceptors (Lipinski definition) is 10. The summed E-state index contributed by atoms with van der Waals surface area (Å²) in [4.78, 5) is 56.8. The van der Waals surface area contributed by atoms with E-state index in [0.717, 1.165) is 38.5 Å². The highest BCUT2D eigenvalue weighted by Crippen LogP contribution is 2.23. The molecule has 0 aromatic rings. The third-order valence-corrected chi connectivity index (χ3v) is 6.35. The van der Waals surface area contributed by atoms with E-state index in [-0.39, 0.29) is 30.6 Å². The fourth-order valence-electron chi connectivity index (χ4n) is 3.84. The maximum absolute atomic E-state index is 12.0. The van der Waals surface area contributed by atoms with E-state index in [1.807, 2.05) is 0 Å². The van der Waals surface area contributed by atoms with Crippen molar-refractivity contribution in [3.63, 3.8) is 0 Å². The number of amides is 2. The van der Waals surface area contributed by atoms with Gasteiger partial charge in [0.05, 0.1) is 0 Å². The van der Waals surface area contributed by atoms with Gasteiger partial charge in [-0.3, -0.25) is 4.79 Å². The summed E-state index contributed by atoms with van der Waals surface area (Å²) < 4.78 is 20.7. The third kappa shape index (κ3) is 20.3. The number of carboxylic acid groups (broad SMARTS) is 1. The fourth-order valence-corrected chi connectivity index (χ4v) is 3.84. The largest absolute Gasteiger partial charge is 0.480 e. The lowest BCUT2D eigenvalue weighted by Crippen LogP contribution is -2.52. The summed E-state index contributed by atoms with van der Waals surface area (Å²) in [5.41, 5.74) is 1.13. The second-order valence-electron chi connectivity index (χ2n) is 15.2. The molecular formula is C32H60ClN3O10. The molecule has 14 heteroatoms. The number of halogens is 1. The molecule has 13 nitrogen and oxygen atoms in total. The zero-order valence-electron chi connectivity index (χ0n) is 29.9. The molecule has 0 bridgehead atoms. The van der Waals surface area contributed by atoms with Crippen molar-refractivity contribution in [3.05, 3.63) is 0 Å². The lowest BCUT2D eigenvalue weighted by atomic mass is 10.1. The summed E-state index contributed by atoms with van der Waals surface area (Å²) >= 11 is 0. The highest BCUT2D eigenvalue weighted by atomic mass is 35.5. The van der Waals surface area contributed by atoms with Crippen LogP contribution in [0.2, 0.25) is 0 Å². The minimum Gasteiger partial charge on any atom is -0.480 e. The summed E-state index contributed by atoms with van der Waals surface area (Å²) in [5.74, 6) is -1.80. The summed E-state index contributed by atoms with van der Waals surface area (Å²) in [6.07, 6.45) is 7.13. The zero-order chi connectivity index (χ0) is 35.4. The first-order valence-corrected chi connectivity index (χ1v) is 15.6. The number of carboxylic acids is 1. The lowest BCUT2D eigenvalue weighted by Gasteiger charge is -2.28.